The number of nitro groups is 1. The Balaban J connectivity index is 1.71. The molecule has 0 saturated carbocycles. The zero-order valence-corrected chi connectivity index (χ0v) is 14.0. The number of nitrogens with zero attached hydrogens (tertiary/aromatic N) is 5. The first-order valence-electron chi connectivity index (χ1n) is 7.62. The number of benzene rings is 2. The number of nitrogens with one attached hydrogen (secondary N) is 1. The van der Waals surface area contributed by atoms with Gasteiger partial charge in [0.2, 0.25) is 11.7 Å². The lowest BCUT2D eigenvalue weighted by Gasteiger charge is -2.05. The predicted molar refractivity (Wildman–Crippen MR) is 91.5 cm³/mol. The number of anilines is 1. The number of hydrogen-bond donors (Lipinski definition) is 1. The number of ether oxygens (including phenoxy) is 1. The molecule has 0 aliphatic heterocycles. The molecule has 0 radical (unpaired) electrons. The van der Waals surface area contributed by atoms with Crippen molar-refractivity contribution >= 4 is 17.3 Å². The van der Waals surface area contributed by atoms with Gasteiger partial charge in [0.15, 0.2) is 0 Å². The zero-order valence-electron chi connectivity index (χ0n) is 14.0. The molecule has 0 unspecified atom stereocenters. The molecule has 11 heteroatoms. The van der Waals surface area contributed by atoms with Crippen LogP contribution < -0.4 is 10.1 Å². The Hall–Kier alpha value is -3.89. The summed E-state index contributed by atoms with van der Waals surface area (Å²) in [6, 6.07) is 9.82. The van der Waals surface area contributed by atoms with Crippen LogP contribution in [0.5, 0.6) is 5.75 Å². The summed E-state index contributed by atoms with van der Waals surface area (Å²) >= 11 is 0. The number of nitro benzene ring substituents is 1. The van der Waals surface area contributed by atoms with E-state index in [1.807, 2.05) is 0 Å². The maximum absolute atomic E-state index is 13.7. The van der Waals surface area contributed by atoms with Crippen LogP contribution in [0.4, 0.5) is 15.8 Å². The number of aromatic nitrogens is 4. The van der Waals surface area contributed by atoms with E-state index in [0.29, 0.717) is 11.3 Å². The Morgan fingerprint density at radius 2 is 2.15 bits per heavy atom. The van der Waals surface area contributed by atoms with Crippen molar-refractivity contribution in [3.05, 3.63) is 58.4 Å². The van der Waals surface area contributed by atoms with Crippen molar-refractivity contribution in [2.45, 2.75) is 6.54 Å². The van der Waals surface area contributed by atoms with Crippen LogP contribution in [-0.4, -0.2) is 38.1 Å². The van der Waals surface area contributed by atoms with Crippen LogP contribution in [0.1, 0.15) is 0 Å². The van der Waals surface area contributed by atoms with Crippen molar-refractivity contribution in [3.8, 4) is 17.1 Å². The summed E-state index contributed by atoms with van der Waals surface area (Å²) in [5.74, 6) is -0.562. The topological polar surface area (TPSA) is 125 Å². The molecule has 0 bridgehead atoms. The molecular formula is C16H13FN6O4. The predicted octanol–water partition coefficient (Wildman–Crippen LogP) is 2.03. The largest absolute Gasteiger partial charge is 0.497 e. The van der Waals surface area contributed by atoms with Crippen LogP contribution in [0, 0.1) is 15.9 Å². The summed E-state index contributed by atoms with van der Waals surface area (Å²) in [6.45, 7) is -0.348. The van der Waals surface area contributed by atoms with Crippen LogP contribution >= 0.6 is 0 Å². The molecule has 0 spiro atoms. The Labute approximate surface area is 151 Å². The van der Waals surface area contributed by atoms with Gasteiger partial charge in [0, 0.05) is 17.7 Å². The number of carbonyl (C=O) groups is 1. The van der Waals surface area contributed by atoms with Gasteiger partial charge in [0.05, 0.1) is 17.7 Å². The van der Waals surface area contributed by atoms with Gasteiger partial charge in [-0.1, -0.05) is 12.1 Å². The smallest absolute Gasteiger partial charge is 0.271 e. The number of tetrazole rings is 1. The summed E-state index contributed by atoms with van der Waals surface area (Å²) in [4.78, 5) is 23.2. The molecule has 1 N–H and O–H groups in total. The SMILES string of the molecule is COc1cccc(-c2nnn(CC(=O)Nc3cc([N+](=O)[O-])ccc3F)n2)c1. The fraction of sp³-hybridized carbons (Fsp3) is 0.125. The highest BCUT2D eigenvalue weighted by molar-refractivity contribution is 5.90. The van der Waals surface area contributed by atoms with Crippen LogP contribution in [0.15, 0.2) is 42.5 Å². The van der Waals surface area contributed by atoms with E-state index in [1.165, 1.54) is 7.11 Å². The van der Waals surface area contributed by atoms with Gasteiger partial charge in [-0.25, -0.2) is 4.39 Å². The molecule has 0 atom stereocenters. The molecule has 10 nitrogen and oxygen atoms in total. The second-order valence-electron chi connectivity index (χ2n) is 5.34. The maximum Gasteiger partial charge on any atom is 0.271 e. The minimum absolute atomic E-state index is 0.281. The number of carbonyl (C=O) groups excluding carboxylic acids is 1. The number of amides is 1. The number of methoxy groups -OCH3 is 1. The van der Waals surface area contributed by atoms with E-state index in [4.69, 9.17) is 4.74 Å². The van der Waals surface area contributed by atoms with E-state index in [2.05, 4.69) is 20.7 Å². The number of rotatable bonds is 6. The van der Waals surface area contributed by atoms with E-state index in [1.54, 1.807) is 24.3 Å². The summed E-state index contributed by atoms with van der Waals surface area (Å²) in [7, 11) is 1.53. The third-order valence-corrected chi connectivity index (χ3v) is 3.50. The summed E-state index contributed by atoms with van der Waals surface area (Å²) in [5.41, 5.74) is -0.000960. The number of non-ortho nitro benzene ring substituents is 1. The van der Waals surface area contributed by atoms with Crippen molar-refractivity contribution in [3.63, 3.8) is 0 Å². The Kier molecular flexibility index (Phi) is 5.01. The minimum atomic E-state index is -0.794. The maximum atomic E-state index is 13.7. The fourth-order valence-corrected chi connectivity index (χ4v) is 2.23. The van der Waals surface area contributed by atoms with Gasteiger partial charge in [-0.2, -0.15) is 4.80 Å². The van der Waals surface area contributed by atoms with E-state index in [-0.39, 0.29) is 23.7 Å². The van der Waals surface area contributed by atoms with Crippen LogP contribution in [-0.2, 0) is 11.3 Å². The molecule has 0 aliphatic rings. The van der Waals surface area contributed by atoms with Gasteiger partial charge in [-0.15, -0.1) is 10.2 Å². The van der Waals surface area contributed by atoms with Crippen molar-refractivity contribution in [2.24, 2.45) is 0 Å². The molecule has 0 fully saturated rings. The number of halogens is 1. The molecular weight excluding hydrogens is 359 g/mol. The lowest BCUT2D eigenvalue weighted by Crippen LogP contribution is -2.21. The highest BCUT2D eigenvalue weighted by Crippen LogP contribution is 2.22. The second-order valence-corrected chi connectivity index (χ2v) is 5.34. The summed E-state index contributed by atoms with van der Waals surface area (Å²) < 4.78 is 18.9. The first-order chi connectivity index (χ1) is 13.0. The van der Waals surface area contributed by atoms with Crippen molar-refractivity contribution in [2.75, 3.05) is 12.4 Å². The van der Waals surface area contributed by atoms with Crippen molar-refractivity contribution in [1.82, 2.24) is 20.2 Å². The quantitative estimate of drug-likeness (QED) is 0.518. The highest BCUT2D eigenvalue weighted by Gasteiger charge is 2.15. The van der Waals surface area contributed by atoms with Gasteiger partial charge in [0.1, 0.15) is 18.1 Å². The third-order valence-electron chi connectivity index (χ3n) is 3.50. The molecule has 2 aromatic carbocycles. The van der Waals surface area contributed by atoms with Gasteiger partial charge in [-0.05, 0) is 23.4 Å². The van der Waals surface area contributed by atoms with E-state index >= 15 is 0 Å². The highest BCUT2D eigenvalue weighted by atomic mass is 19.1. The van der Waals surface area contributed by atoms with Crippen molar-refractivity contribution in [1.29, 1.82) is 0 Å². The van der Waals surface area contributed by atoms with Gasteiger partial charge < -0.3 is 10.1 Å². The Bertz CT molecular complexity index is 1010. The van der Waals surface area contributed by atoms with Crippen LogP contribution in [0.3, 0.4) is 0 Å². The first kappa shape index (κ1) is 17.9. The average molecular weight is 372 g/mol. The minimum Gasteiger partial charge on any atom is -0.497 e. The molecule has 3 rings (SSSR count). The molecule has 1 aromatic heterocycles. The lowest BCUT2D eigenvalue weighted by molar-refractivity contribution is -0.384. The van der Waals surface area contributed by atoms with Crippen LogP contribution in [0.25, 0.3) is 11.4 Å². The monoisotopic (exact) mass is 372 g/mol. The summed E-state index contributed by atoms with van der Waals surface area (Å²) in [5, 5.41) is 24.7. The zero-order chi connectivity index (χ0) is 19.4. The molecule has 27 heavy (non-hydrogen) atoms. The van der Waals surface area contributed by atoms with E-state index in [9.17, 15) is 19.3 Å². The van der Waals surface area contributed by atoms with Gasteiger partial charge in [0.25, 0.3) is 5.69 Å². The average Bonchev–Trinajstić information content (AvgIpc) is 3.11. The van der Waals surface area contributed by atoms with Gasteiger partial charge >= 0.3 is 0 Å². The molecule has 0 saturated heterocycles. The van der Waals surface area contributed by atoms with E-state index < -0.39 is 16.6 Å². The first-order valence-corrected chi connectivity index (χ1v) is 7.62. The molecule has 3 aromatic rings. The normalized spacial score (nSPS) is 10.4. The third kappa shape index (κ3) is 4.21. The molecule has 1 heterocycles. The Morgan fingerprint density at radius 3 is 2.89 bits per heavy atom. The van der Waals surface area contributed by atoms with Crippen LogP contribution in [0.2, 0.25) is 0 Å². The lowest BCUT2D eigenvalue weighted by atomic mass is 10.2. The molecule has 1 amide bonds. The van der Waals surface area contributed by atoms with Crippen molar-refractivity contribution < 1.29 is 18.8 Å². The fourth-order valence-electron chi connectivity index (χ4n) is 2.23. The summed E-state index contributed by atoms with van der Waals surface area (Å²) in [6.07, 6.45) is 0. The second kappa shape index (κ2) is 7.56. The Morgan fingerprint density at radius 1 is 1.33 bits per heavy atom. The van der Waals surface area contributed by atoms with E-state index in [0.717, 1.165) is 23.0 Å². The molecule has 138 valence electrons. The standard InChI is InChI=1S/C16H13FN6O4/c1-27-12-4-2-3-10(7-12)16-19-21-22(20-16)9-15(24)18-14-8-11(23(25)26)5-6-13(14)17/h2-8H,9H2,1H3,(H,18,24). The number of hydrogen-bond acceptors (Lipinski definition) is 7. The molecule has 0 aliphatic carbocycles. The van der Waals surface area contributed by atoms with Gasteiger partial charge in [-0.3, -0.25) is 14.9 Å².